The van der Waals surface area contributed by atoms with Crippen molar-refractivity contribution in [2.45, 2.75) is 6.54 Å². The van der Waals surface area contributed by atoms with E-state index in [-0.39, 0.29) is 5.56 Å². The highest BCUT2D eigenvalue weighted by molar-refractivity contribution is 6.30. The average Bonchev–Trinajstić information content (AvgIpc) is 2.66. The fourth-order valence-corrected chi connectivity index (χ4v) is 3.15. The number of fused-ring (bicyclic) bond motifs is 1. The zero-order valence-electron chi connectivity index (χ0n) is 13.8. The van der Waals surface area contributed by atoms with Crippen LogP contribution in [-0.4, -0.2) is 15.0 Å². The second-order valence-electron chi connectivity index (χ2n) is 5.84. The van der Waals surface area contributed by atoms with Crippen LogP contribution < -0.4 is 10.5 Å². The molecule has 1 N–H and O–H groups in total. The second kappa shape index (κ2) is 6.98. The Morgan fingerprint density at radius 1 is 1.04 bits per heavy atom. The van der Waals surface area contributed by atoms with Crippen molar-refractivity contribution < 1.29 is 0 Å². The van der Waals surface area contributed by atoms with Gasteiger partial charge in [0.1, 0.15) is 12.1 Å². The quantitative estimate of drug-likeness (QED) is 0.587. The van der Waals surface area contributed by atoms with Crippen molar-refractivity contribution in [2.24, 2.45) is 0 Å². The summed E-state index contributed by atoms with van der Waals surface area (Å²) in [5.41, 5.74) is 2.47. The van der Waals surface area contributed by atoms with E-state index < -0.39 is 0 Å². The molecule has 128 valence electrons. The number of nitrogens with one attached hydrogen (secondary N) is 1. The van der Waals surface area contributed by atoms with Crippen LogP contribution in [0.3, 0.4) is 0 Å². The predicted octanol–water partition coefficient (Wildman–Crippen LogP) is 4.31. The van der Waals surface area contributed by atoms with Gasteiger partial charge >= 0.3 is 0 Å². The normalized spacial score (nSPS) is 10.8. The van der Waals surface area contributed by atoms with Gasteiger partial charge in [-0.2, -0.15) is 0 Å². The van der Waals surface area contributed by atoms with E-state index in [2.05, 4.69) is 15.0 Å². The van der Waals surface area contributed by atoms with Gasteiger partial charge in [-0.25, -0.2) is 9.97 Å². The van der Waals surface area contributed by atoms with Gasteiger partial charge in [0.15, 0.2) is 0 Å². The summed E-state index contributed by atoms with van der Waals surface area (Å²) in [6.45, 7) is 0.474. The number of aromatic nitrogens is 3. The Hall–Kier alpha value is -3.18. The van der Waals surface area contributed by atoms with E-state index in [1.165, 1.54) is 6.33 Å². The third-order valence-electron chi connectivity index (χ3n) is 4.13. The predicted molar refractivity (Wildman–Crippen MR) is 104 cm³/mol. The molecule has 4 aromatic rings. The molecule has 0 amide bonds. The van der Waals surface area contributed by atoms with Crippen LogP contribution in [0.2, 0.25) is 5.02 Å². The van der Waals surface area contributed by atoms with Crippen molar-refractivity contribution in [3.05, 3.63) is 94.1 Å². The summed E-state index contributed by atoms with van der Waals surface area (Å²) in [5, 5.41) is 1.63. The lowest BCUT2D eigenvalue weighted by atomic mass is 10.1. The summed E-state index contributed by atoms with van der Waals surface area (Å²) < 4.78 is 0. The molecule has 6 heteroatoms. The van der Waals surface area contributed by atoms with Gasteiger partial charge in [-0.1, -0.05) is 35.9 Å². The van der Waals surface area contributed by atoms with Gasteiger partial charge in [0.2, 0.25) is 5.56 Å². The first kappa shape index (κ1) is 16.3. The van der Waals surface area contributed by atoms with Gasteiger partial charge in [-0.05, 0) is 35.9 Å². The number of nitrogens with zero attached hydrogens (tertiary/aromatic N) is 3. The molecule has 2 aromatic heterocycles. The topological polar surface area (TPSA) is 61.9 Å². The molecule has 5 nitrogen and oxygen atoms in total. The van der Waals surface area contributed by atoms with E-state index in [1.54, 1.807) is 12.3 Å². The van der Waals surface area contributed by atoms with Gasteiger partial charge < -0.3 is 9.88 Å². The third-order valence-corrected chi connectivity index (χ3v) is 4.36. The first-order valence-corrected chi connectivity index (χ1v) is 8.48. The summed E-state index contributed by atoms with van der Waals surface area (Å²) in [5.74, 6) is 0.728. The lowest BCUT2D eigenvalue weighted by Gasteiger charge is -2.24. The van der Waals surface area contributed by atoms with E-state index in [1.807, 2.05) is 59.5 Å². The monoisotopic (exact) mass is 362 g/mol. The van der Waals surface area contributed by atoms with Crippen LogP contribution in [0.5, 0.6) is 0 Å². The van der Waals surface area contributed by atoms with Crippen molar-refractivity contribution in [3.63, 3.8) is 0 Å². The molecule has 0 fully saturated rings. The van der Waals surface area contributed by atoms with Crippen LogP contribution in [0.25, 0.3) is 10.9 Å². The highest BCUT2D eigenvalue weighted by Gasteiger charge is 2.14. The molecule has 0 aliphatic carbocycles. The summed E-state index contributed by atoms with van der Waals surface area (Å²) >= 11 is 6.19. The molecule has 0 bridgehead atoms. The molecule has 26 heavy (non-hydrogen) atoms. The van der Waals surface area contributed by atoms with E-state index in [0.717, 1.165) is 28.0 Å². The molecule has 0 atom stereocenters. The van der Waals surface area contributed by atoms with E-state index >= 15 is 0 Å². The fraction of sp³-hybridized carbons (Fsp3) is 0.0500. The van der Waals surface area contributed by atoms with Gasteiger partial charge in [0, 0.05) is 33.9 Å². The molecular weight excluding hydrogens is 348 g/mol. The first-order valence-electron chi connectivity index (χ1n) is 8.11. The van der Waals surface area contributed by atoms with Crippen molar-refractivity contribution >= 4 is 34.0 Å². The van der Waals surface area contributed by atoms with Crippen LogP contribution in [0.4, 0.5) is 11.5 Å². The standard InChI is InChI=1S/C20H15ClN4O/c21-15-4-3-5-16(11-15)25(19-8-9-22-13-23-19)12-14-10-20(26)24-18-7-2-1-6-17(14)18/h1-11,13H,12H2,(H,24,26). The van der Waals surface area contributed by atoms with Crippen LogP contribution >= 0.6 is 11.6 Å². The maximum Gasteiger partial charge on any atom is 0.248 e. The molecule has 0 aliphatic heterocycles. The van der Waals surface area contributed by atoms with Crippen LogP contribution in [0.15, 0.2) is 78.0 Å². The first-order chi connectivity index (χ1) is 12.7. The number of hydrogen-bond donors (Lipinski definition) is 1. The van der Waals surface area contributed by atoms with Crippen molar-refractivity contribution in [1.29, 1.82) is 0 Å². The molecular formula is C20H15ClN4O. The van der Waals surface area contributed by atoms with E-state index in [4.69, 9.17) is 11.6 Å². The van der Waals surface area contributed by atoms with Gasteiger partial charge in [0.25, 0.3) is 0 Å². The van der Waals surface area contributed by atoms with E-state index in [9.17, 15) is 4.79 Å². The lowest BCUT2D eigenvalue weighted by molar-refractivity contribution is 0.940. The third kappa shape index (κ3) is 3.30. The molecule has 0 spiro atoms. The summed E-state index contributed by atoms with van der Waals surface area (Å²) in [6.07, 6.45) is 3.19. The molecule has 0 unspecified atom stereocenters. The summed E-state index contributed by atoms with van der Waals surface area (Å²) in [4.78, 5) is 25.3. The SMILES string of the molecule is O=c1cc(CN(c2cccc(Cl)c2)c2ccncn2)c2ccccc2[nH]1. The fourth-order valence-electron chi connectivity index (χ4n) is 2.97. The number of pyridine rings is 1. The Balaban J connectivity index is 1.85. The smallest absolute Gasteiger partial charge is 0.248 e. The zero-order valence-corrected chi connectivity index (χ0v) is 14.5. The number of aromatic amines is 1. The van der Waals surface area contributed by atoms with Gasteiger partial charge in [0.05, 0.1) is 6.54 Å². The summed E-state index contributed by atoms with van der Waals surface area (Å²) in [6, 6.07) is 18.8. The Morgan fingerprint density at radius 2 is 1.92 bits per heavy atom. The Morgan fingerprint density at radius 3 is 2.73 bits per heavy atom. The minimum absolute atomic E-state index is 0.132. The number of benzene rings is 2. The zero-order chi connectivity index (χ0) is 17.9. The van der Waals surface area contributed by atoms with Crippen LogP contribution in [-0.2, 0) is 6.54 Å². The molecule has 0 radical (unpaired) electrons. The molecule has 0 saturated heterocycles. The van der Waals surface area contributed by atoms with Crippen LogP contribution in [0, 0.1) is 0 Å². The number of para-hydroxylation sites is 1. The maximum absolute atomic E-state index is 12.1. The molecule has 0 saturated carbocycles. The molecule has 4 rings (SSSR count). The van der Waals surface area contributed by atoms with E-state index in [0.29, 0.717) is 11.6 Å². The van der Waals surface area contributed by atoms with Gasteiger partial charge in [-0.3, -0.25) is 4.79 Å². The molecule has 2 heterocycles. The highest BCUT2D eigenvalue weighted by atomic mass is 35.5. The lowest BCUT2D eigenvalue weighted by Crippen LogP contribution is -2.19. The number of halogens is 1. The molecule has 2 aromatic carbocycles. The van der Waals surface area contributed by atoms with Crippen molar-refractivity contribution in [3.8, 4) is 0 Å². The van der Waals surface area contributed by atoms with Crippen molar-refractivity contribution in [1.82, 2.24) is 15.0 Å². The number of anilines is 2. The highest BCUT2D eigenvalue weighted by Crippen LogP contribution is 2.29. The number of hydrogen-bond acceptors (Lipinski definition) is 4. The second-order valence-corrected chi connectivity index (χ2v) is 6.27. The van der Waals surface area contributed by atoms with Gasteiger partial charge in [-0.15, -0.1) is 0 Å². The number of H-pyrrole nitrogens is 1. The Labute approximate surface area is 154 Å². The summed E-state index contributed by atoms with van der Waals surface area (Å²) in [7, 11) is 0. The van der Waals surface area contributed by atoms with Crippen LogP contribution in [0.1, 0.15) is 5.56 Å². The minimum atomic E-state index is -0.132. The largest absolute Gasteiger partial charge is 0.322 e. The molecule has 0 aliphatic rings. The number of rotatable bonds is 4. The maximum atomic E-state index is 12.1. The van der Waals surface area contributed by atoms with Crippen molar-refractivity contribution in [2.75, 3.05) is 4.90 Å². The minimum Gasteiger partial charge on any atom is -0.322 e. The Kier molecular flexibility index (Phi) is 4.37. The Bertz CT molecular complexity index is 1110. The average molecular weight is 363 g/mol.